The minimum atomic E-state index is -5.08. The Morgan fingerprint density at radius 2 is 1.86 bits per heavy atom. The first-order valence-corrected chi connectivity index (χ1v) is 10.9. The molecule has 4 N–H and O–H groups in total. The van der Waals surface area contributed by atoms with Gasteiger partial charge < -0.3 is 25.6 Å². The van der Waals surface area contributed by atoms with Gasteiger partial charge in [-0.05, 0) is 44.2 Å². The molecule has 3 heterocycles. The summed E-state index contributed by atoms with van der Waals surface area (Å²) in [4.78, 5) is 35.1. The summed E-state index contributed by atoms with van der Waals surface area (Å²) in [6, 6.07) is 2.20. The van der Waals surface area contributed by atoms with Crippen molar-refractivity contribution in [3.05, 3.63) is 33.9 Å². The van der Waals surface area contributed by atoms with E-state index in [-0.39, 0.29) is 23.8 Å². The van der Waals surface area contributed by atoms with Crippen molar-refractivity contribution in [2.75, 3.05) is 24.6 Å². The number of hydrogen-bond donors (Lipinski definition) is 3. The molecule has 190 valence electrons. The number of pyridine rings is 1. The Bertz CT molecular complexity index is 1270. The first-order chi connectivity index (χ1) is 16.2. The predicted molar refractivity (Wildman–Crippen MR) is 115 cm³/mol. The Morgan fingerprint density at radius 1 is 1.23 bits per heavy atom. The average Bonchev–Trinajstić information content (AvgIpc) is 3.31. The molecule has 1 aromatic heterocycles. The van der Waals surface area contributed by atoms with Gasteiger partial charge in [-0.15, -0.1) is 0 Å². The maximum absolute atomic E-state index is 15.2. The molecule has 1 aromatic carbocycles. The molecule has 9 nitrogen and oxygen atoms in total. The lowest BCUT2D eigenvalue weighted by Crippen LogP contribution is -2.36. The maximum Gasteiger partial charge on any atom is 0.490 e. The Morgan fingerprint density at radius 3 is 2.40 bits per heavy atom. The number of carboxylic acid groups (broad SMARTS) is 2. The Labute approximate surface area is 195 Å². The van der Waals surface area contributed by atoms with Crippen LogP contribution in [-0.2, 0) is 4.79 Å². The monoisotopic (exact) mass is 501 g/mol. The van der Waals surface area contributed by atoms with E-state index >= 15 is 4.39 Å². The molecule has 2 atom stereocenters. The molecule has 5 rings (SSSR count). The predicted octanol–water partition coefficient (Wildman–Crippen LogP) is 2.74. The normalized spacial score (nSPS) is 22.3. The summed E-state index contributed by atoms with van der Waals surface area (Å²) < 4.78 is 54.2. The molecule has 0 spiro atoms. The lowest BCUT2D eigenvalue weighted by atomic mass is 9.97. The number of carboxylic acids is 2. The van der Waals surface area contributed by atoms with Crippen molar-refractivity contribution in [2.24, 2.45) is 11.7 Å². The molecule has 3 aliphatic rings. The van der Waals surface area contributed by atoms with E-state index in [0.29, 0.717) is 41.3 Å². The van der Waals surface area contributed by atoms with Gasteiger partial charge >= 0.3 is 18.1 Å². The Hall–Kier alpha value is -3.35. The first-order valence-electron chi connectivity index (χ1n) is 10.9. The fourth-order valence-corrected chi connectivity index (χ4v) is 4.70. The van der Waals surface area contributed by atoms with Gasteiger partial charge in [0.1, 0.15) is 17.9 Å². The van der Waals surface area contributed by atoms with E-state index in [4.69, 9.17) is 20.4 Å². The number of benzene rings is 1. The van der Waals surface area contributed by atoms with Gasteiger partial charge in [-0.3, -0.25) is 9.36 Å². The summed E-state index contributed by atoms with van der Waals surface area (Å²) in [6.45, 7) is 3.30. The highest BCUT2D eigenvalue weighted by Gasteiger charge is 2.48. The fourth-order valence-electron chi connectivity index (χ4n) is 4.70. The lowest BCUT2D eigenvalue weighted by Gasteiger charge is -2.31. The molecule has 2 fully saturated rings. The third-order valence-electron chi connectivity index (χ3n) is 6.73. The first kappa shape index (κ1) is 24.8. The van der Waals surface area contributed by atoms with E-state index in [1.54, 1.807) is 6.92 Å². The summed E-state index contributed by atoms with van der Waals surface area (Å²) >= 11 is 0. The van der Waals surface area contributed by atoms with Gasteiger partial charge in [0.05, 0.1) is 11.6 Å². The molecule has 1 saturated heterocycles. The van der Waals surface area contributed by atoms with Crippen LogP contribution in [0.15, 0.2) is 16.9 Å². The number of hydrogen-bond acceptors (Lipinski definition) is 6. The quantitative estimate of drug-likeness (QED) is 0.547. The minimum absolute atomic E-state index is 0.132. The van der Waals surface area contributed by atoms with Gasteiger partial charge in [-0.25, -0.2) is 14.0 Å². The summed E-state index contributed by atoms with van der Waals surface area (Å²) in [6.07, 6.45) is -2.18. The number of carbonyl (C=O) groups is 2. The molecule has 0 radical (unpaired) electrons. The Kier molecular flexibility index (Phi) is 5.94. The molecule has 1 aliphatic carbocycles. The number of ether oxygens (including phenoxy) is 1. The summed E-state index contributed by atoms with van der Waals surface area (Å²) in [7, 11) is 0. The molecule has 13 heteroatoms. The van der Waals surface area contributed by atoms with Crippen LogP contribution in [0.5, 0.6) is 5.75 Å². The molecule has 0 amide bonds. The zero-order valence-corrected chi connectivity index (χ0v) is 18.6. The van der Waals surface area contributed by atoms with Crippen molar-refractivity contribution in [3.8, 4) is 5.75 Å². The van der Waals surface area contributed by atoms with Gasteiger partial charge in [0.2, 0.25) is 0 Å². The fraction of sp³-hybridized carbons (Fsp3) is 0.500. The van der Waals surface area contributed by atoms with Crippen molar-refractivity contribution in [1.29, 1.82) is 0 Å². The van der Waals surface area contributed by atoms with Crippen LogP contribution < -0.4 is 20.9 Å². The second-order valence-corrected chi connectivity index (χ2v) is 9.14. The van der Waals surface area contributed by atoms with Crippen LogP contribution in [0.2, 0.25) is 0 Å². The van der Waals surface area contributed by atoms with Crippen LogP contribution in [0.25, 0.3) is 10.9 Å². The number of alkyl halides is 3. The molecule has 35 heavy (non-hydrogen) atoms. The number of nitrogens with zero attached hydrogens (tertiary/aromatic N) is 2. The van der Waals surface area contributed by atoms with Gasteiger partial charge in [-0.1, -0.05) is 0 Å². The smallest absolute Gasteiger partial charge is 0.487 e. The summed E-state index contributed by atoms with van der Waals surface area (Å²) in [5, 5.41) is 16.8. The lowest BCUT2D eigenvalue weighted by molar-refractivity contribution is -0.192. The summed E-state index contributed by atoms with van der Waals surface area (Å²) in [5.74, 6) is -3.91. The molecule has 0 unspecified atom stereocenters. The second-order valence-electron chi connectivity index (χ2n) is 9.14. The average molecular weight is 501 g/mol. The van der Waals surface area contributed by atoms with Crippen LogP contribution in [0.4, 0.5) is 23.2 Å². The summed E-state index contributed by atoms with van der Waals surface area (Å²) in [5.41, 5.74) is 6.08. The van der Waals surface area contributed by atoms with Gasteiger partial charge in [0.25, 0.3) is 5.56 Å². The van der Waals surface area contributed by atoms with E-state index in [1.807, 2.05) is 4.90 Å². The number of aromatic carboxylic acids is 1. The molecule has 2 aliphatic heterocycles. The van der Waals surface area contributed by atoms with E-state index in [1.165, 1.54) is 16.7 Å². The topological polar surface area (TPSA) is 135 Å². The Balaban J connectivity index is 0.000000364. The number of anilines is 1. The van der Waals surface area contributed by atoms with Crippen molar-refractivity contribution in [3.63, 3.8) is 0 Å². The number of nitrogens with two attached hydrogens (primary N) is 1. The molecular formula is C22H23F4N3O6. The van der Waals surface area contributed by atoms with Crippen LogP contribution in [0.3, 0.4) is 0 Å². The largest absolute Gasteiger partial charge is 0.490 e. The highest BCUT2D eigenvalue weighted by molar-refractivity contribution is 5.97. The number of aromatic nitrogens is 1. The SMILES string of the molecule is C[C@H]1COc2c(N3CC[C@@H](C4(N)CC4)C3)c(F)cc3cc(C(=O)O)c(=O)n1c23.O=C(O)C(F)(F)F. The van der Waals surface area contributed by atoms with Gasteiger partial charge in [0.15, 0.2) is 11.6 Å². The van der Waals surface area contributed by atoms with Crippen molar-refractivity contribution < 1.29 is 42.1 Å². The van der Waals surface area contributed by atoms with Crippen LogP contribution >= 0.6 is 0 Å². The van der Waals surface area contributed by atoms with E-state index in [2.05, 4.69) is 0 Å². The third kappa shape index (κ3) is 4.40. The highest BCUT2D eigenvalue weighted by Crippen LogP contribution is 2.48. The molecule has 0 bridgehead atoms. The standard InChI is InChI=1S/C20H22FN3O4.C2HF3O2/c1-10-9-28-17-15-11(6-13(19(26)27)18(25)24(10)15)7-14(21)16(17)23-5-2-12(8-23)20(22)3-4-20;3-2(4,5)1(6)7/h6-7,10,12H,2-5,8-9,22H2,1H3,(H,26,27);(H,6,7)/t10-,12+;/m0./s1. The zero-order valence-electron chi connectivity index (χ0n) is 18.6. The maximum atomic E-state index is 15.2. The minimum Gasteiger partial charge on any atom is -0.487 e. The molecule has 1 saturated carbocycles. The van der Waals surface area contributed by atoms with Crippen LogP contribution in [0.1, 0.15) is 42.6 Å². The third-order valence-corrected chi connectivity index (χ3v) is 6.73. The highest BCUT2D eigenvalue weighted by atomic mass is 19.4. The van der Waals surface area contributed by atoms with E-state index < -0.39 is 29.5 Å². The number of aliphatic carboxylic acids is 1. The van der Waals surface area contributed by atoms with E-state index in [9.17, 15) is 27.9 Å². The zero-order chi connectivity index (χ0) is 25.9. The number of halogens is 4. The van der Waals surface area contributed by atoms with Crippen molar-refractivity contribution in [2.45, 2.75) is 43.9 Å². The van der Waals surface area contributed by atoms with E-state index in [0.717, 1.165) is 19.3 Å². The molecule has 2 aromatic rings. The number of rotatable bonds is 3. The van der Waals surface area contributed by atoms with Gasteiger partial charge in [-0.2, -0.15) is 13.2 Å². The second kappa shape index (κ2) is 8.40. The van der Waals surface area contributed by atoms with Crippen molar-refractivity contribution in [1.82, 2.24) is 4.57 Å². The molecular weight excluding hydrogens is 478 g/mol. The van der Waals surface area contributed by atoms with Crippen molar-refractivity contribution >= 4 is 28.5 Å². The van der Waals surface area contributed by atoms with Crippen LogP contribution in [-0.4, -0.2) is 58.1 Å². The van der Waals surface area contributed by atoms with Crippen LogP contribution in [0, 0.1) is 11.7 Å². The van der Waals surface area contributed by atoms with Gasteiger partial charge in [0, 0.05) is 24.0 Å².